The lowest BCUT2D eigenvalue weighted by Gasteiger charge is -2.18. The lowest BCUT2D eigenvalue weighted by atomic mass is 10.0. The summed E-state index contributed by atoms with van der Waals surface area (Å²) in [6.45, 7) is 6.64. The van der Waals surface area contributed by atoms with Crippen LogP contribution in [0.2, 0.25) is 0 Å². The highest BCUT2D eigenvalue weighted by Gasteiger charge is 2.19. The maximum atomic E-state index is 12.7. The maximum absolute atomic E-state index is 12.7. The summed E-state index contributed by atoms with van der Waals surface area (Å²) >= 11 is 0. The topological polar surface area (TPSA) is 78.9 Å². The normalized spacial score (nSPS) is 11.8. The lowest BCUT2D eigenvalue weighted by molar-refractivity contribution is -0.167. The van der Waals surface area contributed by atoms with E-state index in [0.29, 0.717) is 19.3 Å². The van der Waals surface area contributed by atoms with Crippen LogP contribution in [0.3, 0.4) is 0 Å². The number of esters is 3. The minimum Gasteiger partial charge on any atom is -0.462 e. The van der Waals surface area contributed by atoms with Gasteiger partial charge in [-0.05, 0) is 19.3 Å². The molecule has 0 aromatic carbocycles. The summed E-state index contributed by atoms with van der Waals surface area (Å²) in [4.78, 5) is 37.7. The van der Waals surface area contributed by atoms with E-state index >= 15 is 0 Å². The Bertz CT molecular complexity index is 844. The second kappa shape index (κ2) is 47.1. The second-order valence-electron chi connectivity index (χ2n) is 17.5. The van der Waals surface area contributed by atoms with Gasteiger partial charge in [-0.2, -0.15) is 0 Å². The van der Waals surface area contributed by atoms with Crippen molar-refractivity contribution in [2.75, 3.05) is 13.2 Å². The molecule has 1 atom stereocenters. The Morgan fingerprint density at radius 3 is 0.702 bits per heavy atom. The number of hydrogen-bond acceptors (Lipinski definition) is 6. The van der Waals surface area contributed by atoms with Crippen LogP contribution in [0.1, 0.15) is 290 Å². The predicted octanol–water partition coefficient (Wildman–Crippen LogP) is 16.4. The van der Waals surface area contributed by atoms with Crippen LogP contribution in [0.15, 0.2) is 0 Å². The molecule has 338 valence electrons. The molecule has 0 aliphatic carbocycles. The Morgan fingerprint density at radius 1 is 0.281 bits per heavy atom. The van der Waals surface area contributed by atoms with Crippen LogP contribution < -0.4 is 0 Å². The Hall–Kier alpha value is -1.59. The molecule has 0 saturated carbocycles. The van der Waals surface area contributed by atoms with E-state index in [9.17, 15) is 14.4 Å². The van der Waals surface area contributed by atoms with Gasteiger partial charge in [0.1, 0.15) is 13.2 Å². The summed E-state index contributed by atoms with van der Waals surface area (Å²) in [6.07, 6.45) is 49.6. The molecule has 0 saturated heterocycles. The van der Waals surface area contributed by atoms with Gasteiger partial charge in [0.05, 0.1) is 0 Å². The monoisotopic (exact) mass is 807 g/mol. The minimum atomic E-state index is -0.758. The molecule has 57 heavy (non-hydrogen) atoms. The summed E-state index contributed by atoms with van der Waals surface area (Å²) < 4.78 is 16.7. The van der Waals surface area contributed by atoms with Gasteiger partial charge in [0.15, 0.2) is 6.10 Å². The fourth-order valence-electron chi connectivity index (χ4n) is 7.74. The van der Waals surface area contributed by atoms with Gasteiger partial charge in [-0.3, -0.25) is 14.4 Å². The highest BCUT2D eigenvalue weighted by Crippen LogP contribution is 2.17. The molecule has 0 aliphatic heterocycles. The zero-order valence-electron chi connectivity index (χ0n) is 38.6. The molecule has 0 rings (SSSR count). The third-order valence-corrected chi connectivity index (χ3v) is 11.6. The van der Waals surface area contributed by atoms with Gasteiger partial charge in [-0.1, -0.05) is 252 Å². The van der Waals surface area contributed by atoms with Crippen LogP contribution in [0.4, 0.5) is 0 Å². The summed E-state index contributed by atoms with van der Waals surface area (Å²) in [7, 11) is 0. The first kappa shape index (κ1) is 55.4. The van der Waals surface area contributed by atoms with E-state index in [1.807, 2.05) is 0 Å². The molecule has 6 nitrogen and oxygen atoms in total. The quantitative estimate of drug-likeness (QED) is 0.0346. The van der Waals surface area contributed by atoms with E-state index in [4.69, 9.17) is 14.2 Å². The van der Waals surface area contributed by atoms with E-state index in [0.717, 1.165) is 57.8 Å². The smallest absolute Gasteiger partial charge is 0.306 e. The van der Waals surface area contributed by atoms with Crippen molar-refractivity contribution in [3.63, 3.8) is 0 Å². The zero-order valence-corrected chi connectivity index (χ0v) is 38.6. The molecule has 0 aliphatic rings. The molecular formula is C51H98O6. The molecule has 0 N–H and O–H groups in total. The van der Waals surface area contributed by atoms with Crippen LogP contribution in [-0.2, 0) is 28.6 Å². The summed E-state index contributed by atoms with van der Waals surface area (Å²) in [5.41, 5.74) is 0. The average Bonchev–Trinajstić information content (AvgIpc) is 3.21. The van der Waals surface area contributed by atoms with E-state index < -0.39 is 6.10 Å². The van der Waals surface area contributed by atoms with Crippen molar-refractivity contribution >= 4 is 17.9 Å². The van der Waals surface area contributed by atoms with Gasteiger partial charge in [0.2, 0.25) is 0 Å². The number of unbranched alkanes of at least 4 members (excludes halogenated alkanes) is 36. The van der Waals surface area contributed by atoms with Gasteiger partial charge in [-0.15, -0.1) is 0 Å². The van der Waals surface area contributed by atoms with Crippen LogP contribution in [0.5, 0.6) is 0 Å². The van der Waals surface area contributed by atoms with Crippen LogP contribution in [0, 0.1) is 0 Å². The van der Waals surface area contributed by atoms with Gasteiger partial charge < -0.3 is 14.2 Å². The molecule has 6 heteroatoms. The first-order chi connectivity index (χ1) is 28.0. The van der Waals surface area contributed by atoms with Gasteiger partial charge >= 0.3 is 17.9 Å². The van der Waals surface area contributed by atoms with Gasteiger partial charge in [0, 0.05) is 19.3 Å². The second-order valence-corrected chi connectivity index (χ2v) is 17.5. The maximum Gasteiger partial charge on any atom is 0.306 e. The highest BCUT2D eigenvalue weighted by atomic mass is 16.6. The Kier molecular flexibility index (Phi) is 45.8. The summed E-state index contributed by atoms with van der Waals surface area (Å²) in [5, 5.41) is 0. The van der Waals surface area contributed by atoms with Crippen LogP contribution >= 0.6 is 0 Å². The molecule has 1 unspecified atom stereocenters. The van der Waals surface area contributed by atoms with Crippen LogP contribution in [-0.4, -0.2) is 37.2 Å². The Morgan fingerprint density at radius 2 is 0.474 bits per heavy atom. The predicted molar refractivity (Wildman–Crippen MR) is 243 cm³/mol. The third kappa shape index (κ3) is 45.3. The van der Waals surface area contributed by atoms with E-state index in [-0.39, 0.29) is 31.1 Å². The molecule has 0 amide bonds. The number of carbonyl (C=O) groups is 3. The van der Waals surface area contributed by atoms with Crippen molar-refractivity contribution in [3.05, 3.63) is 0 Å². The molecular weight excluding hydrogens is 709 g/mol. The minimum absolute atomic E-state index is 0.0624. The first-order valence-electron chi connectivity index (χ1n) is 25.5. The lowest BCUT2D eigenvalue weighted by Crippen LogP contribution is -2.30. The summed E-state index contributed by atoms with van der Waals surface area (Å²) in [6, 6.07) is 0. The molecule has 0 aromatic heterocycles. The third-order valence-electron chi connectivity index (χ3n) is 11.6. The SMILES string of the molecule is CCCCCCCCCCCCCCCCCCCC(=O)OCC(COC(=O)CCCCCCCCC)OC(=O)CCCCCCCCCCCCCCCCC. The number of rotatable bonds is 47. The van der Waals surface area contributed by atoms with Crippen LogP contribution in [0.25, 0.3) is 0 Å². The van der Waals surface area contributed by atoms with E-state index in [2.05, 4.69) is 20.8 Å². The molecule has 0 heterocycles. The average molecular weight is 807 g/mol. The highest BCUT2D eigenvalue weighted by molar-refractivity contribution is 5.71. The Balaban J connectivity index is 4.19. The summed E-state index contributed by atoms with van der Waals surface area (Å²) in [5.74, 6) is -0.849. The van der Waals surface area contributed by atoms with Gasteiger partial charge in [0.25, 0.3) is 0 Å². The fourth-order valence-corrected chi connectivity index (χ4v) is 7.74. The largest absolute Gasteiger partial charge is 0.462 e. The van der Waals surface area contributed by atoms with Crippen molar-refractivity contribution in [1.29, 1.82) is 0 Å². The standard InChI is InChI=1S/C51H98O6/c1-4-7-10-13-16-18-20-22-24-25-27-28-30-32-35-38-41-44-50(53)56-47-48(46-55-49(52)43-40-37-34-15-12-9-6-3)57-51(54)45-42-39-36-33-31-29-26-23-21-19-17-14-11-8-5-2/h48H,4-47H2,1-3H3. The van der Waals surface area contributed by atoms with Crippen molar-refractivity contribution in [3.8, 4) is 0 Å². The van der Waals surface area contributed by atoms with Crippen molar-refractivity contribution in [2.24, 2.45) is 0 Å². The molecule has 0 aromatic rings. The van der Waals surface area contributed by atoms with Crippen molar-refractivity contribution < 1.29 is 28.6 Å². The Labute approximate surface area is 355 Å². The van der Waals surface area contributed by atoms with Crippen molar-refractivity contribution in [2.45, 2.75) is 297 Å². The van der Waals surface area contributed by atoms with E-state index in [1.54, 1.807) is 0 Å². The molecule has 0 spiro atoms. The van der Waals surface area contributed by atoms with E-state index in [1.165, 1.54) is 193 Å². The number of carbonyl (C=O) groups excluding carboxylic acids is 3. The number of ether oxygens (including phenoxy) is 3. The van der Waals surface area contributed by atoms with Gasteiger partial charge in [-0.25, -0.2) is 0 Å². The zero-order chi connectivity index (χ0) is 41.5. The molecule has 0 radical (unpaired) electrons. The number of hydrogen-bond donors (Lipinski definition) is 0. The molecule has 0 fully saturated rings. The molecule has 0 bridgehead atoms. The van der Waals surface area contributed by atoms with Crippen molar-refractivity contribution in [1.82, 2.24) is 0 Å². The first-order valence-corrected chi connectivity index (χ1v) is 25.5. The fraction of sp³-hybridized carbons (Fsp3) is 0.941.